The highest BCUT2D eigenvalue weighted by molar-refractivity contribution is 5.99. The van der Waals surface area contributed by atoms with Crippen LogP contribution in [0.5, 0.6) is 0 Å². The molecule has 4 unspecified atom stereocenters. The number of nitrogens with zero attached hydrogens (tertiary/aromatic N) is 1. The van der Waals surface area contributed by atoms with Crippen molar-refractivity contribution in [2.75, 3.05) is 67.0 Å². The Morgan fingerprint density at radius 2 is 0.726 bits per heavy atom. The maximum Gasteiger partial charge on any atom is 0.320 e. The van der Waals surface area contributed by atoms with Gasteiger partial charge in [-0.2, -0.15) is 0 Å². The van der Waals surface area contributed by atoms with Crippen LogP contribution in [0.25, 0.3) is 0 Å². The maximum atomic E-state index is 14.2. The zero-order valence-corrected chi connectivity index (χ0v) is 47.6. The first kappa shape index (κ1) is 69.4. The van der Waals surface area contributed by atoms with E-state index in [-0.39, 0.29) is 51.5 Å². The Bertz CT molecular complexity index is 1330. The summed E-state index contributed by atoms with van der Waals surface area (Å²) in [6, 6.07) is 0.195. The van der Waals surface area contributed by atoms with Gasteiger partial charge in [0.05, 0.1) is 13.2 Å². The monoisotopic (exact) mass is 1040 g/mol. The minimum absolute atomic E-state index is 0.0497. The highest BCUT2D eigenvalue weighted by atomic mass is 16.6. The molecule has 0 N–H and O–H groups in total. The quantitative estimate of drug-likeness (QED) is 0.0242. The standard InChI is InChI=1S/C58H105NO14/c1-10-16-22-27-35-48(51(60)42-67-39-30-21-15-6)53(62)71-44-58(43-70-52(61)38-33-34-47(7)59(8)9,45-72-56(65)49(36-28-23-17-11-2)54(63)68-40-31-25-19-13-4)46-73-57(66)50(37-29-24-18-12-3)55(64)69-41-32-26-20-14-5/h47-50H,10-46H2,1-9H3. The number of carbonyl (C=O) groups excluding carboxylic acids is 7. The van der Waals surface area contributed by atoms with Gasteiger partial charge in [-0.05, 0) is 72.4 Å². The Morgan fingerprint density at radius 1 is 0.384 bits per heavy atom. The Balaban J connectivity index is 7.30. The van der Waals surface area contributed by atoms with Gasteiger partial charge in [0.15, 0.2) is 17.6 Å². The first-order valence-electron chi connectivity index (χ1n) is 28.9. The molecule has 0 bridgehead atoms. The van der Waals surface area contributed by atoms with Gasteiger partial charge in [-0.3, -0.25) is 33.6 Å². The molecular formula is C58H105NO14. The third-order valence-corrected chi connectivity index (χ3v) is 13.5. The fraction of sp³-hybridized carbons (Fsp3) is 0.879. The summed E-state index contributed by atoms with van der Waals surface area (Å²) in [4.78, 5) is 99.1. The Labute approximate surface area is 442 Å². The highest BCUT2D eigenvalue weighted by Gasteiger charge is 2.42. The normalized spacial score (nSPS) is 13.8. The average Bonchev–Trinajstić information content (AvgIpc) is 3.37. The fourth-order valence-corrected chi connectivity index (χ4v) is 8.06. The van der Waals surface area contributed by atoms with Gasteiger partial charge in [0.2, 0.25) is 0 Å². The molecule has 0 aromatic carbocycles. The van der Waals surface area contributed by atoms with Crippen LogP contribution in [-0.4, -0.2) is 119 Å². The van der Waals surface area contributed by atoms with Gasteiger partial charge in [-0.25, -0.2) is 0 Å². The van der Waals surface area contributed by atoms with Crippen LogP contribution in [-0.2, 0) is 66.7 Å². The summed E-state index contributed by atoms with van der Waals surface area (Å²) in [6.45, 7) is 12.5. The van der Waals surface area contributed by atoms with E-state index in [1.807, 2.05) is 25.9 Å². The third-order valence-electron chi connectivity index (χ3n) is 13.5. The average molecular weight is 1040 g/mol. The van der Waals surface area contributed by atoms with Crippen LogP contribution >= 0.6 is 0 Å². The van der Waals surface area contributed by atoms with Gasteiger partial charge in [0.1, 0.15) is 44.4 Å². The van der Waals surface area contributed by atoms with Gasteiger partial charge in [0.25, 0.3) is 0 Å². The number of hydrogen-bond acceptors (Lipinski definition) is 15. The predicted molar refractivity (Wildman–Crippen MR) is 286 cm³/mol. The van der Waals surface area contributed by atoms with Gasteiger partial charge in [0, 0.05) is 19.1 Å². The lowest BCUT2D eigenvalue weighted by Crippen LogP contribution is -2.46. The Morgan fingerprint density at radius 3 is 1.14 bits per heavy atom. The van der Waals surface area contributed by atoms with Crippen LogP contribution in [0.3, 0.4) is 0 Å². The second-order valence-electron chi connectivity index (χ2n) is 20.6. The Kier molecular flexibility index (Phi) is 43.5. The van der Waals surface area contributed by atoms with Crippen molar-refractivity contribution in [2.45, 2.75) is 241 Å². The Hall–Kier alpha value is -3.59. The molecule has 0 aromatic rings. The topological polar surface area (TPSA) is 187 Å². The summed E-state index contributed by atoms with van der Waals surface area (Å²) in [6.07, 6.45) is 21.2. The van der Waals surface area contributed by atoms with E-state index in [0.29, 0.717) is 51.6 Å². The van der Waals surface area contributed by atoms with Crippen molar-refractivity contribution in [3.63, 3.8) is 0 Å². The molecule has 0 spiro atoms. The number of unbranched alkanes of at least 4 members (excludes halogenated alkanes) is 17. The van der Waals surface area contributed by atoms with Crippen LogP contribution in [0.1, 0.15) is 235 Å². The zero-order valence-electron chi connectivity index (χ0n) is 47.6. The number of hydrogen-bond donors (Lipinski definition) is 0. The van der Waals surface area contributed by atoms with Crippen molar-refractivity contribution >= 4 is 41.6 Å². The van der Waals surface area contributed by atoms with E-state index in [1.54, 1.807) is 0 Å². The molecule has 73 heavy (non-hydrogen) atoms. The van der Waals surface area contributed by atoms with Crippen LogP contribution in [0.2, 0.25) is 0 Å². The van der Waals surface area contributed by atoms with E-state index < -0.39 is 91.2 Å². The molecule has 0 heterocycles. The summed E-state index contributed by atoms with van der Waals surface area (Å²) < 4.78 is 40.9. The number of rotatable bonds is 50. The van der Waals surface area contributed by atoms with Crippen LogP contribution < -0.4 is 0 Å². The lowest BCUT2D eigenvalue weighted by Gasteiger charge is -2.33. The van der Waals surface area contributed by atoms with E-state index in [1.165, 1.54) is 0 Å². The van der Waals surface area contributed by atoms with Crippen molar-refractivity contribution in [2.24, 2.45) is 23.2 Å². The highest BCUT2D eigenvalue weighted by Crippen LogP contribution is 2.27. The van der Waals surface area contributed by atoms with Crippen molar-refractivity contribution in [1.82, 2.24) is 4.90 Å². The molecule has 15 nitrogen and oxygen atoms in total. The number of ether oxygens (including phenoxy) is 7. The lowest BCUT2D eigenvalue weighted by molar-refractivity contribution is -0.177. The summed E-state index contributed by atoms with van der Waals surface area (Å²) in [5, 5.41) is 0. The SMILES string of the molecule is CCCCCCOC(=O)C(CCCCCC)C(=O)OCC(COC(=O)CCCC(C)N(C)C)(COC(=O)C(CCCCCC)C(=O)COCCCCC)COC(=O)C(CCCCCC)C(=O)OCCCCCC. The minimum atomic E-state index is -1.74. The van der Waals surface area contributed by atoms with Crippen molar-refractivity contribution < 1.29 is 66.7 Å². The molecule has 0 saturated heterocycles. The second-order valence-corrected chi connectivity index (χ2v) is 20.6. The molecule has 0 aromatic heterocycles. The molecule has 4 atom stereocenters. The summed E-state index contributed by atoms with van der Waals surface area (Å²) >= 11 is 0. The van der Waals surface area contributed by atoms with Crippen molar-refractivity contribution in [1.29, 1.82) is 0 Å². The predicted octanol–water partition coefficient (Wildman–Crippen LogP) is 12.0. The molecule has 0 aliphatic carbocycles. The van der Waals surface area contributed by atoms with Gasteiger partial charge in [-0.15, -0.1) is 0 Å². The molecule has 426 valence electrons. The van der Waals surface area contributed by atoms with E-state index in [0.717, 1.165) is 116 Å². The van der Waals surface area contributed by atoms with E-state index >= 15 is 0 Å². The molecule has 0 saturated carbocycles. The summed E-state index contributed by atoms with van der Waals surface area (Å²) in [7, 11) is 3.91. The van der Waals surface area contributed by atoms with Crippen molar-refractivity contribution in [3.05, 3.63) is 0 Å². The first-order chi connectivity index (χ1) is 35.2. The van der Waals surface area contributed by atoms with Gasteiger partial charge in [-0.1, -0.05) is 170 Å². The molecule has 0 radical (unpaired) electrons. The van der Waals surface area contributed by atoms with Gasteiger partial charge < -0.3 is 38.1 Å². The van der Waals surface area contributed by atoms with E-state index in [2.05, 4.69) is 41.5 Å². The van der Waals surface area contributed by atoms with Crippen LogP contribution in [0, 0.1) is 23.2 Å². The molecule has 0 rings (SSSR count). The second kappa shape index (κ2) is 45.8. The number of Topliss-reactive ketones (excluding diaryl/α,β-unsaturated/α-hetero) is 1. The van der Waals surface area contributed by atoms with E-state index in [9.17, 15) is 33.6 Å². The van der Waals surface area contributed by atoms with Gasteiger partial charge >= 0.3 is 35.8 Å². The van der Waals surface area contributed by atoms with Crippen LogP contribution in [0.4, 0.5) is 0 Å². The number of esters is 6. The first-order valence-corrected chi connectivity index (χ1v) is 28.9. The molecule has 15 heteroatoms. The number of carbonyl (C=O) groups is 7. The summed E-state index contributed by atoms with van der Waals surface area (Å²) in [5.74, 6) is -8.75. The smallest absolute Gasteiger partial charge is 0.320 e. The van der Waals surface area contributed by atoms with Crippen molar-refractivity contribution in [3.8, 4) is 0 Å². The third kappa shape index (κ3) is 34.6. The fourth-order valence-electron chi connectivity index (χ4n) is 8.06. The minimum Gasteiger partial charge on any atom is -0.465 e. The molecule has 0 amide bonds. The van der Waals surface area contributed by atoms with Crippen LogP contribution in [0.15, 0.2) is 0 Å². The maximum absolute atomic E-state index is 14.2. The number of ketones is 1. The molecule has 0 aliphatic heterocycles. The van der Waals surface area contributed by atoms with E-state index in [4.69, 9.17) is 33.2 Å². The lowest BCUT2D eigenvalue weighted by atomic mass is 9.91. The molecule has 0 aliphatic rings. The summed E-state index contributed by atoms with van der Waals surface area (Å²) in [5.41, 5.74) is -1.74. The largest absolute Gasteiger partial charge is 0.465 e. The zero-order chi connectivity index (χ0) is 54.5. The molecular weight excluding hydrogens is 935 g/mol. The molecule has 0 fully saturated rings.